The minimum Gasteiger partial charge on any atom is -0.497 e. The fourth-order valence-electron chi connectivity index (χ4n) is 3.70. The maximum atomic E-state index is 14.0. The Balaban J connectivity index is 1.76. The lowest BCUT2D eigenvalue weighted by molar-refractivity contribution is -0.136. The van der Waals surface area contributed by atoms with Gasteiger partial charge in [-0.05, 0) is 48.0 Å². The van der Waals surface area contributed by atoms with Gasteiger partial charge in [-0.25, -0.2) is 9.97 Å². The zero-order valence-electron chi connectivity index (χ0n) is 20.2. The third kappa shape index (κ3) is 6.86. The van der Waals surface area contributed by atoms with Crippen molar-refractivity contribution in [3.63, 3.8) is 0 Å². The molecule has 0 aliphatic heterocycles. The van der Waals surface area contributed by atoms with Gasteiger partial charge in [0.05, 0.1) is 30.4 Å². The molecular weight excluding hydrogens is 530 g/mol. The van der Waals surface area contributed by atoms with Crippen LogP contribution in [-0.2, 0) is 19.3 Å². The first-order valence-corrected chi connectivity index (χ1v) is 11.3. The van der Waals surface area contributed by atoms with Gasteiger partial charge in [0.2, 0.25) is 5.95 Å². The fourth-order valence-corrected chi connectivity index (χ4v) is 3.70. The van der Waals surface area contributed by atoms with Gasteiger partial charge in [-0.2, -0.15) is 26.3 Å². The molecule has 0 aliphatic carbocycles. The van der Waals surface area contributed by atoms with Crippen LogP contribution in [0.15, 0.2) is 60.7 Å². The van der Waals surface area contributed by atoms with E-state index in [9.17, 15) is 31.1 Å². The van der Waals surface area contributed by atoms with Gasteiger partial charge in [0.25, 0.3) is 5.91 Å². The lowest BCUT2D eigenvalue weighted by Crippen LogP contribution is -2.25. The molecule has 0 aliphatic rings. The molecular formula is C26H20F6N4O3. The Morgan fingerprint density at radius 3 is 2.36 bits per heavy atom. The number of rotatable bonds is 9. The zero-order valence-corrected chi connectivity index (χ0v) is 20.2. The number of hydrogen-bond acceptors (Lipinski definition) is 6. The van der Waals surface area contributed by atoms with Crippen molar-refractivity contribution in [2.24, 2.45) is 0 Å². The highest BCUT2D eigenvalue weighted by Gasteiger charge is 2.35. The van der Waals surface area contributed by atoms with Crippen LogP contribution in [0.25, 0.3) is 10.9 Å². The minimum absolute atomic E-state index is 0.00932. The summed E-state index contributed by atoms with van der Waals surface area (Å²) in [6, 6.07) is 13.3. The van der Waals surface area contributed by atoms with Crippen LogP contribution < -0.4 is 20.1 Å². The number of carbonyl (C=O) groups is 1. The normalized spacial score (nSPS) is 11.5. The summed E-state index contributed by atoms with van der Waals surface area (Å²) in [6.45, 7) is -3.50. The average Bonchev–Trinajstić information content (AvgIpc) is 2.89. The van der Waals surface area contributed by atoms with E-state index in [2.05, 4.69) is 25.3 Å². The number of nitrogens with one attached hydrogen (secondary N) is 2. The van der Waals surface area contributed by atoms with Crippen LogP contribution in [0.2, 0.25) is 0 Å². The summed E-state index contributed by atoms with van der Waals surface area (Å²) in [5.41, 5.74) is -1.53. The molecule has 4 aromatic rings. The summed E-state index contributed by atoms with van der Waals surface area (Å²) >= 11 is 0. The van der Waals surface area contributed by atoms with E-state index in [1.54, 1.807) is 24.3 Å². The van der Waals surface area contributed by atoms with Gasteiger partial charge in [-0.15, -0.1) is 0 Å². The van der Waals surface area contributed by atoms with Crippen molar-refractivity contribution in [2.45, 2.75) is 25.9 Å². The Morgan fingerprint density at radius 2 is 1.72 bits per heavy atom. The number of carbonyl (C=O) groups excluding carboxylic acids is 1. The minimum atomic E-state index is -5.01. The number of nitrogens with zero attached hydrogens (tertiary/aromatic N) is 2. The smallest absolute Gasteiger partial charge is 0.418 e. The van der Waals surface area contributed by atoms with Crippen molar-refractivity contribution in [3.8, 4) is 11.5 Å². The SMILES string of the molecule is COc1ccc(CNc2cc(C(=O)NCc3cccc(F)n3)nc3c(C(F)(F)F)cc(OC(F)F)cc23)cc1. The molecule has 2 aromatic carbocycles. The van der Waals surface area contributed by atoms with E-state index >= 15 is 0 Å². The fraction of sp³-hybridized carbons (Fsp3) is 0.192. The topological polar surface area (TPSA) is 85.4 Å². The maximum absolute atomic E-state index is 14.0. The molecule has 39 heavy (non-hydrogen) atoms. The molecule has 0 spiro atoms. The molecule has 0 unspecified atom stereocenters. The highest BCUT2D eigenvalue weighted by atomic mass is 19.4. The predicted octanol–water partition coefficient (Wildman–Crippen LogP) is 5.94. The van der Waals surface area contributed by atoms with Crippen molar-refractivity contribution in [1.29, 1.82) is 0 Å². The number of aromatic nitrogens is 2. The third-order valence-electron chi connectivity index (χ3n) is 5.49. The van der Waals surface area contributed by atoms with Crippen molar-refractivity contribution in [3.05, 3.63) is 89.1 Å². The summed E-state index contributed by atoms with van der Waals surface area (Å²) in [5.74, 6) is -1.78. The van der Waals surface area contributed by atoms with Gasteiger partial charge in [0.15, 0.2) is 0 Å². The summed E-state index contributed by atoms with van der Waals surface area (Å²) in [6.07, 6.45) is -5.01. The summed E-state index contributed by atoms with van der Waals surface area (Å²) in [7, 11) is 1.49. The molecule has 0 fully saturated rings. The van der Waals surface area contributed by atoms with E-state index in [0.717, 1.165) is 12.1 Å². The molecule has 2 aromatic heterocycles. The lowest BCUT2D eigenvalue weighted by Gasteiger charge is -2.17. The summed E-state index contributed by atoms with van der Waals surface area (Å²) in [5, 5.41) is 5.19. The van der Waals surface area contributed by atoms with E-state index in [0.29, 0.717) is 17.4 Å². The second kappa shape index (κ2) is 11.5. The Hall–Kier alpha value is -4.55. The quantitative estimate of drug-likeness (QED) is 0.198. The van der Waals surface area contributed by atoms with Crippen LogP contribution in [0.3, 0.4) is 0 Å². The molecule has 4 rings (SSSR count). The molecule has 0 saturated heterocycles. The molecule has 0 saturated carbocycles. The number of methoxy groups -OCH3 is 1. The van der Waals surface area contributed by atoms with Crippen LogP contribution in [0.1, 0.15) is 27.3 Å². The highest BCUT2D eigenvalue weighted by Crippen LogP contribution is 2.40. The number of anilines is 1. The highest BCUT2D eigenvalue weighted by molar-refractivity contribution is 6.01. The van der Waals surface area contributed by atoms with Crippen LogP contribution in [0.5, 0.6) is 11.5 Å². The molecule has 7 nitrogen and oxygen atoms in total. The predicted molar refractivity (Wildman–Crippen MR) is 129 cm³/mol. The van der Waals surface area contributed by atoms with Gasteiger partial charge in [-0.1, -0.05) is 18.2 Å². The van der Waals surface area contributed by atoms with Crippen molar-refractivity contribution in [1.82, 2.24) is 15.3 Å². The van der Waals surface area contributed by atoms with E-state index in [-0.39, 0.29) is 29.9 Å². The largest absolute Gasteiger partial charge is 0.497 e. The van der Waals surface area contributed by atoms with Crippen molar-refractivity contribution in [2.75, 3.05) is 12.4 Å². The van der Waals surface area contributed by atoms with Crippen LogP contribution in [-0.4, -0.2) is 29.6 Å². The summed E-state index contributed by atoms with van der Waals surface area (Å²) < 4.78 is 90.4. The Labute approximate surface area is 217 Å². The van der Waals surface area contributed by atoms with Gasteiger partial charge >= 0.3 is 12.8 Å². The number of amides is 1. The van der Waals surface area contributed by atoms with E-state index < -0.39 is 47.2 Å². The monoisotopic (exact) mass is 550 g/mol. The first-order valence-electron chi connectivity index (χ1n) is 11.3. The van der Waals surface area contributed by atoms with Gasteiger partial charge < -0.3 is 20.1 Å². The summed E-state index contributed by atoms with van der Waals surface area (Å²) in [4.78, 5) is 20.4. The van der Waals surface area contributed by atoms with Gasteiger partial charge in [0.1, 0.15) is 17.2 Å². The number of halogens is 6. The molecule has 0 bridgehead atoms. The molecule has 2 N–H and O–H groups in total. The number of pyridine rings is 2. The van der Waals surface area contributed by atoms with Crippen molar-refractivity contribution < 1.29 is 40.6 Å². The van der Waals surface area contributed by atoms with Gasteiger partial charge in [0, 0.05) is 17.6 Å². The molecule has 0 atom stereocenters. The number of fused-ring (bicyclic) bond motifs is 1. The molecule has 204 valence electrons. The number of alkyl halides is 5. The maximum Gasteiger partial charge on any atom is 0.418 e. The standard InChI is InChI=1S/C26H20F6N4O3/c1-38-16-7-5-14(6-8-16)12-33-20-11-21(24(37)34-13-15-3-2-4-22(27)35-15)36-23-18(20)9-17(39-25(28)29)10-19(23)26(30,31)32/h2-11,25H,12-13H2,1H3,(H,33,36)(H,34,37). The third-order valence-corrected chi connectivity index (χ3v) is 5.49. The van der Waals surface area contributed by atoms with E-state index in [4.69, 9.17) is 4.74 Å². The number of ether oxygens (including phenoxy) is 2. The Bertz CT molecular complexity index is 1480. The molecule has 13 heteroatoms. The zero-order chi connectivity index (χ0) is 28.2. The lowest BCUT2D eigenvalue weighted by atomic mass is 10.1. The first kappa shape index (κ1) is 27.5. The molecule has 1 amide bonds. The first-order chi connectivity index (χ1) is 18.5. The van der Waals surface area contributed by atoms with Crippen molar-refractivity contribution >= 4 is 22.5 Å². The van der Waals surface area contributed by atoms with E-state index in [1.165, 1.54) is 25.3 Å². The second-order valence-corrected chi connectivity index (χ2v) is 8.13. The number of benzene rings is 2. The Morgan fingerprint density at radius 1 is 0.974 bits per heavy atom. The average molecular weight is 550 g/mol. The molecule has 2 heterocycles. The van der Waals surface area contributed by atoms with E-state index in [1.807, 2.05) is 0 Å². The number of hydrogen-bond donors (Lipinski definition) is 2. The molecule has 0 radical (unpaired) electrons. The van der Waals surface area contributed by atoms with Crippen LogP contribution in [0.4, 0.5) is 32.0 Å². The van der Waals surface area contributed by atoms with Gasteiger partial charge in [-0.3, -0.25) is 4.79 Å². The Kier molecular flexibility index (Phi) is 8.07. The second-order valence-electron chi connectivity index (χ2n) is 8.13. The van der Waals surface area contributed by atoms with Crippen LogP contribution in [0, 0.1) is 5.95 Å². The van der Waals surface area contributed by atoms with Crippen LogP contribution >= 0.6 is 0 Å².